The van der Waals surface area contributed by atoms with Crippen LogP contribution in [0, 0.1) is 18.7 Å². The number of rotatable bonds is 6. The lowest BCUT2D eigenvalue weighted by molar-refractivity contribution is -0.118. The van der Waals surface area contributed by atoms with Crippen molar-refractivity contribution in [3.63, 3.8) is 0 Å². The fourth-order valence-electron chi connectivity index (χ4n) is 2.49. The topological polar surface area (TPSA) is 67.4 Å². The summed E-state index contributed by atoms with van der Waals surface area (Å²) in [6.07, 6.45) is 0. The maximum Gasteiger partial charge on any atom is 0.251 e. The highest BCUT2D eigenvalue weighted by atomic mass is 19.1. The smallest absolute Gasteiger partial charge is 0.251 e. The second kappa shape index (κ2) is 8.47. The highest BCUT2D eigenvalue weighted by molar-refractivity contribution is 6.01. The first-order chi connectivity index (χ1) is 12.3. The van der Waals surface area contributed by atoms with Crippen molar-refractivity contribution in [3.8, 4) is 5.75 Å². The van der Waals surface area contributed by atoms with Gasteiger partial charge in [0.1, 0.15) is 17.6 Å². The molecule has 2 aromatic carbocycles. The number of methoxy groups -OCH3 is 1. The predicted octanol–water partition coefficient (Wildman–Crippen LogP) is 3.54. The molecule has 0 aliphatic heterocycles. The minimum absolute atomic E-state index is 0.143. The van der Waals surface area contributed by atoms with Crippen LogP contribution in [0.4, 0.5) is 10.1 Å². The Balaban J connectivity index is 2.16. The number of hydrogen-bond acceptors (Lipinski definition) is 3. The van der Waals surface area contributed by atoms with Crippen LogP contribution in [0.1, 0.15) is 29.8 Å². The number of amides is 2. The van der Waals surface area contributed by atoms with E-state index in [4.69, 9.17) is 4.74 Å². The Labute approximate surface area is 152 Å². The van der Waals surface area contributed by atoms with Crippen molar-refractivity contribution in [1.82, 2.24) is 5.32 Å². The van der Waals surface area contributed by atoms with Crippen molar-refractivity contribution >= 4 is 17.5 Å². The number of halogens is 1. The van der Waals surface area contributed by atoms with Crippen molar-refractivity contribution in [2.45, 2.75) is 26.8 Å². The molecule has 0 saturated heterocycles. The molecule has 0 aromatic heterocycles. The van der Waals surface area contributed by atoms with E-state index in [1.165, 1.54) is 31.4 Å². The van der Waals surface area contributed by atoms with Crippen LogP contribution in [-0.4, -0.2) is 25.0 Å². The Morgan fingerprint density at radius 1 is 1.08 bits per heavy atom. The SMILES string of the molecule is COc1ccc(C)cc1NC(=O)[C@@H](NC(=O)c1ccc(F)cc1)C(C)C. The zero-order valence-corrected chi connectivity index (χ0v) is 15.3. The molecule has 0 heterocycles. The summed E-state index contributed by atoms with van der Waals surface area (Å²) in [4.78, 5) is 25.1. The van der Waals surface area contributed by atoms with Crippen LogP contribution >= 0.6 is 0 Å². The summed E-state index contributed by atoms with van der Waals surface area (Å²) in [6, 6.07) is 9.87. The highest BCUT2D eigenvalue weighted by Crippen LogP contribution is 2.25. The third kappa shape index (κ3) is 4.81. The van der Waals surface area contributed by atoms with Gasteiger partial charge in [-0.15, -0.1) is 0 Å². The summed E-state index contributed by atoms with van der Waals surface area (Å²) in [6.45, 7) is 5.58. The van der Waals surface area contributed by atoms with E-state index in [0.717, 1.165) is 5.56 Å². The lowest BCUT2D eigenvalue weighted by Gasteiger charge is -2.22. The highest BCUT2D eigenvalue weighted by Gasteiger charge is 2.25. The van der Waals surface area contributed by atoms with Gasteiger partial charge in [0.05, 0.1) is 12.8 Å². The van der Waals surface area contributed by atoms with Crippen molar-refractivity contribution in [3.05, 3.63) is 59.4 Å². The van der Waals surface area contributed by atoms with Gasteiger partial charge in [-0.2, -0.15) is 0 Å². The van der Waals surface area contributed by atoms with Gasteiger partial charge in [0.15, 0.2) is 0 Å². The molecular weight excluding hydrogens is 335 g/mol. The van der Waals surface area contributed by atoms with E-state index in [1.807, 2.05) is 26.8 Å². The number of hydrogen-bond donors (Lipinski definition) is 2. The lowest BCUT2D eigenvalue weighted by Crippen LogP contribution is -2.47. The number of ether oxygens (including phenoxy) is 1. The van der Waals surface area contributed by atoms with Gasteiger partial charge in [-0.3, -0.25) is 9.59 Å². The summed E-state index contributed by atoms with van der Waals surface area (Å²) < 4.78 is 18.3. The van der Waals surface area contributed by atoms with Crippen LogP contribution in [0.2, 0.25) is 0 Å². The van der Waals surface area contributed by atoms with Gasteiger partial charge < -0.3 is 15.4 Å². The molecular formula is C20H23FN2O3. The number of carbonyl (C=O) groups is 2. The molecule has 0 bridgehead atoms. The Hall–Kier alpha value is -2.89. The van der Waals surface area contributed by atoms with Crippen LogP contribution in [-0.2, 0) is 4.79 Å². The van der Waals surface area contributed by atoms with Gasteiger partial charge in [-0.05, 0) is 54.8 Å². The molecule has 1 atom stereocenters. The van der Waals surface area contributed by atoms with Crippen LogP contribution in [0.3, 0.4) is 0 Å². The predicted molar refractivity (Wildman–Crippen MR) is 98.9 cm³/mol. The largest absolute Gasteiger partial charge is 0.495 e. The molecule has 0 fully saturated rings. The van der Waals surface area contributed by atoms with Crippen molar-refractivity contribution in [2.75, 3.05) is 12.4 Å². The van der Waals surface area contributed by atoms with E-state index in [1.54, 1.807) is 12.1 Å². The minimum Gasteiger partial charge on any atom is -0.495 e. The Morgan fingerprint density at radius 3 is 2.31 bits per heavy atom. The van der Waals surface area contributed by atoms with Gasteiger partial charge in [0, 0.05) is 5.56 Å². The fourth-order valence-corrected chi connectivity index (χ4v) is 2.49. The molecule has 0 saturated carbocycles. The number of carbonyl (C=O) groups excluding carboxylic acids is 2. The zero-order chi connectivity index (χ0) is 19.3. The molecule has 26 heavy (non-hydrogen) atoms. The van der Waals surface area contributed by atoms with E-state index in [-0.39, 0.29) is 17.4 Å². The Morgan fingerprint density at radius 2 is 1.73 bits per heavy atom. The Bertz CT molecular complexity index is 788. The summed E-state index contributed by atoms with van der Waals surface area (Å²) >= 11 is 0. The molecule has 2 rings (SSSR count). The van der Waals surface area contributed by atoms with Gasteiger partial charge in [0.2, 0.25) is 5.91 Å². The third-order valence-corrected chi connectivity index (χ3v) is 3.95. The van der Waals surface area contributed by atoms with E-state index >= 15 is 0 Å². The van der Waals surface area contributed by atoms with Crippen LogP contribution in [0.5, 0.6) is 5.75 Å². The average molecular weight is 358 g/mol. The number of benzene rings is 2. The van der Waals surface area contributed by atoms with Crippen molar-refractivity contribution in [2.24, 2.45) is 5.92 Å². The second-order valence-corrected chi connectivity index (χ2v) is 6.40. The van der Waals surface area contributed by atoms with E-state index in [9.17, 15) is 14.0 Å². The first kappa shape index (κ1) is 19.4. The van der Waals surface area contributed by atoms with E-state index in [0.29, 0.717) is 11.4 Å². The third-order valence-electron chi connectivity index (χ3n) is 3.95. The molecule has 0 radical (unpaired) electrons. The lowest BCUT2D eigenvalue weighted by atomic mass is 10.0. The van der Waals surface area contributed by atoms with Crippen LogP contribution in [0.25, 0.3) is 0 Å². The molecule has 2 amide bonds. The molecule has 2 N–H and O–H groups in total. The number of anilines is 1. The molecule has 0 aliphatic rings. The quantitative estimate of drug-likeness (QED) is 0.830. The monoisotopic (exact) mass is 358 g/mol. The molecule has 0 unspecified atom stereocenters. The van der Waals surface area contributed by atoms with E-state index < -0.39 is 17.8 Å². The average Bonchev–Trinajstić information content (AvgIpc) is 2.59. The summed E-state index contributed by atoms with van der Waals surface area (Å²) in [5.41, 5.74) is 1.80. The fraction of sp³-hybridized carbons (Fsp3) is 0.300. The maximum absolute atomic E-state index is 13.0. The number of aryl methyl sites for hydroxylation is 1. The maximum atomic E-state index is 13.0. The minimum atomic E-state index is -0.752. The van der Waals surface area contributed by atoms with Crippen LogP contribution in [0.15, 0.2) is 42.5 Å². The first-order valence-corrected chi connectivity index (χ1v) is 8.33. The van der Waals surface area contributed by atoms with Gasteiger partial charge >= 0.3 is 0 Å². The molecule has 0 spiro atoms. The summed E-state index contributed by atoms with van der Waals surface area (Å²) in [5.74, 6) is -0.813. The molecule has 6 heteroatoms. The standard InChI is InChI=1S/C20H23FN2O3/c1-12(2)18(23-19(24)14-6-8-15(21)9-7-14)20(25)22-16-11-13(3)5-10-17(16)26-4/h5-12,18H,1-4H3,(H,22,25)(H,23,24)/t18-/m0/s1. The first-order valence-electron chi connectivity index (χ1n) is 8.33. The molecule has 138 valence electrons. The van der Waals surface area contributed by atoms with Crippen molar-refractivity contribution in [1.29, 1.82) is 0 Å². The Kier molecular flexibility index (Phi) is 6.33. The normalized spacial score (nSPS) is 11.8. The summed E-state index contributed by atoms with van der Waals surface area (Å²) in [5, 5.41) is 5.52. The van der Waals surface area contributed by atoms with Gasteiger partial charge in [0.25, 0.3) is 5.91 Å². The number of nitrogens with one attached hydrogen (secondary N) is 2. The van der Waals surface area contributed by atoms with Gasteiger partial charge in [-0.25, -0.2) is 4.39 Å². The second-order valence-electron chi connectivity index (χ2n) is 6.40. The van der Waals surface area contributed by atoms with Crippen molar-refractivity contribution < 1.29 is 18.7 Å². The molecule has 0 aliphatic carbocycles. The van der Waals surface area contributed by atoms with E-state index in [2.05, 4.69) is 10.6 Å². The summed E-state index contributed by atoms with van der Waals surface area (Å²) in [7, 11) is 1.52. The molecule has 5 nitrogen and oxygen atoms in total. The zero-order valence-electron chi connectivity index (χ0n) is 15.3. The van der Waals surface area contributed by atoms with Crippen LogP contribution < -0.4 is 15.4 Å². The van der Waals surface area contributed by atoms with Gasteiger partial charge in [-0.1, -0.05) is 19.9 Å². The molecule has 2 aromatic rings.